The number of ketones is 1. The van der Waals surface area contributed by atoms with Crippen LogP contribution < -0.4 is 4.74 Å². The van der Waals surface area contributed by atoms with Gasteiger partial charge in [-0.25, -0.2) is 0 Å². The van der Waals surface area contributed by atoms with Gasteiger partial charge in [-0.2, -0.15) is 5.26 Å². The van der Waals surface area contributed by atoms with E-state index in [-0.39, 0.29) is 11.4 Å². The molecule has 4 heteroatoms. The molecule has 0 radical (unpaired) electrons. The van der Waals surface area contributed by atoms with E-state index < -0.39 is 0 Å². The molecule has 0 N–H and O–H groups in total. The van der Waals surface area contributed by atoms with E-state index in [1.165, 1.54) is 0 Å². The third kappa shape index (κ3) is 3.71. The number of rotatable bonds is 4. The maximum atomic E-state index is 12.3. The van der Waals surface area contributed by atoms with Gasteiger partial charge in [-0.05, 0) is 48.0 Å². The monoisotopic (exact) mass is 297 g/mol. The van der Waals surface area contributed by atoms with Crippen LogP contribution in [0.5, 0.6) is 5.75 Å². The Bertz CT molecular complexity index is 710. The number of carbonyl (C=O) groups is 1. The van der Waals surface area contributed by atoms with E-state index in [2.05, 4.69) is 0 Å². The average Bonchev–Trinajstić information content (AvgIpc) is 2.54. The number of benzene rings is 2. The van der Waals surface area contributed by atoms with Crippen molar-refractivity contribution >= 4 is 23.5 Å². The fourth-order valence-corrected chi connectivity index (χ4v) is 1.90. The van der Waals surface area contributed by atoms with Gasteiger partial charge in [0.15, 0.2) is 0 Å². The maximum Gasteiger partial charge on any atom is 0.203 e. The van der Waals surface area contributed by atoms with Crippen LogP contribution in [0.15, 0.2) is 54.1 Å². The second kappa shape index (κ2) is 6.74. The Morgan fingerprint density at radius 3 is 2.29 bits per heavy atom. The summed E-state index contributed by atoms with van der Waals surface area (Å²) in [4.78, 5) is 12.3. The molecule has 0 unspecified atom stereocenters. The Labute approximate surface area is 128 Å². The number of Topliss-reactive ketones (excluding diaryl/α,β-unsaturated/α-hetero) is 1. The molecule has 0 fully saturated rings. The van der Waals surface area contributed by atoms with E-state index in [0.717, 1.165) is 5.56 Å². The number of methoxy groups -OCH3 is 1. The van der Waals surface area contributed by atoms with Gasteiger partial charge >= 0.3 is 0 Å². The van der Waals surface area contributed by atoms with Gasteiger partial charge < -0.3 is 4.74 Å². The topological polar surface area (TPSA) is 50.1 Å². The quantitative estimate of drug-likeness (QED) is 0.484. The molecule has 0 bridgehead atoms. The van der Waals surface area contributed by atoms with Crippen LogP contribution in [0.1, 0.15) is 15.9 Å². The number of halogens is 1. The zero-order valence-corrected chi connectivity index (χ0v) is 12.1. The molecule has 0 spiro atoms. The molecule has 2 rings (SSSR count). The van der Waals surface area contributed by atoms with Crippen molar-refractivity contribution in [3.8, 4) is 11.8 Å². The summed E-state index contributed by atoms with van der Waals surface area (Å²) in [6.07, 6.45) is 1.54. The lowest BCUT2D eigenvalue weighted by Crippen LogP contribution is -2.01. The van der Waals surface area contributed by atoms with Gasteiger partial charge in [-0.3, -0.25) is 4.79 Å². The molecular weight excluding hydrogens is 286 g/mol. The number of carbonyl (C=O) groups excluding carboxylic acids is 1. The van der Waals surface area contributed by atoms with Crippen LogP contribution >= 0.6 is 11.6 Å². The molecule has 3 nitrogen and oxygen atoms in total. The number of nitrogens with zero attached hydrogens (tertiary/aromatic N) is 1. The summed E-state index contributed by atoms with van der Waals surface area (Å²) in [5.74, 6) is 0.335. The molecule has 21 heavy (non-hydrogen) atoms. The molecule has 0 aromatic heterocycles. The SMILES string of the molecule is COc1ccc(C(=O)/C(C#N)=C/c2ccc(Cl)cc2)cc1. The Balaban J connectivity index is 2.29. The highest BCUT2D eigenvalue weighted by atomic mass is 35.5. The highest BCUT2D eigenvalue weighted by molar-refractivity contribution is 6.30. The minimum absolute atomic E-state index is 0.0717. The molecule has 0 aliphatic rings. The summed E-state index contributed by atoms with van der Waals surface area (Å²) in [5, 5.41) is 9.79. The zero-order chi connectivity index (χ0) is 15.2. The fraction of sp³-hybridized carbons (Fsp3) is 0.0588. The van der Waals surface area contributed by atoms with E-state index >= 15 is 0 Å². The van der Waals surface area contributed by atoms with E-state index in [0.29, 0.717) is 16.3 Å². The fourth-order valence-electron chi connectivity index (χ4n) is 1.77. The largest absolute Gasteiger partial charge is 0.497 e. The molecule has 0 aliphatic carbocycles. The second-order valence-electron chi connectivity index (χ2n) is 4.28. The van der Waals surface area contributed by atoms with E-state index in [1.54, 1.807) is 61.7 Å². The van der Waals surface area contributed by atoms with Gasteiger partial charge in [0.05, 0.1) is 7.11 Å². The lowest BCUT2D eigenvalue weighted by atomic mass is 10.0. The standard InChI is InChI=1S/C17H12ClNO2/c1-21-16-8-4-13(5-9-16)17(20)14(11-19)10-12-2-6-15(18)7-3-12/h2-10H,1H3/b14-10+. The predicted molar refractivity (Wildman–Crippen MR) is 82.4 cm³/mol. The van der Waals surface area contributed by atoms with Gasteiger partial charge in [-0.15, -0.1) is 0 Å². The van der Waals surface area contributed by atoms with Crippen molar-refractivity contribution in [3.63, 3.8) is 0 Å². The Morgan fingerprint density at radius 2 is 1.76 bits per heavy atom. The third-order valence-corrected chi connectivity index (χ3v) is 3.15. The van der Waals surface area contributed by atoms with Crippen molar-refractivity contribution in [3.05, 3.63) is 70.3 Å². The summed E-state index contributed by atoms with van der Waals surface area (Å²) in [6.45, 7) is 0. The molecular formula is C17H12ClNO2. The number of hydrogen-bond acceptors (Lipinski definition) is 3. The second-order valence-corrected chi connectivity index (χ2v) is 4.72. The highest BCUT2D eigenvalue weighted by Crippen LogP contribution is 2.17. The van der Waals surface area contributed by atoms with Gasteiger partial charge in [0.1, 0.15) is 17.4 Å². The van der Waals surface area contributed by atoms with Crippen LogP contribution in [-0.2, 0) is 0 Å². The molecule has 0 saturated carbocycles. The lowest BCUT2D eigenvalue weighted by molar-refractivity contribution is 0.104. The Hall–Kier alpha value is -2.57. The molecule has 0 heterocycles. The van der Waals surface area contributed by atoms with Gasteiger partial charge in [0.25, 0.3) is 0 Å². The van der Waals surface area contributed by atoms with Crippen molar-refractivity contribution in [2.45, 2.75) is 0 Å². The van der Waals surface area contributed by atoms with Crippen molar-refractivity contribution in [2.75, 3.05) is 7.11 Å². The lowest BCUT2D eigenvalue weighted by Gasteiger charge is -2.02. The first-order chi connectivity index (χ1) is 10.1. The summed E-state index contributed by atoms with van der Waals surface area (Å²) >= 11 is 5.80. The molecule has 0 amide bonds. The van der Waals surface area contributed by atoms with Crippen molar-refractivity contribution in [2.24, 2.45) is 0 Å². The number of nitriles is 1. The third-order valence-electron chi connectivity index (χ3n) is 2.90. The average molecular weight is 298 g/mol. The van der Waals surface area contributed by atoms with Gasteiger partial charge in [0.2, 0.25) is 5.78 Å². The van der Waals surface area contributed by atoms with Crippen LogP contribution in [0.2, 0.25) is 5.02 Å². The van der Waals surface area contributed by atoms with Gasteiger partial charge in [0, 0.05) is 10.6 Å². The molecule has 0 aliphatic heterocycles. The van der Waals surface area contributed by atoms with Gasteiger partial charge in [-0.1, -0.05) is 23.7 Å². The normalized spacial score (nSPS) is 10.8. The van der Waals surface area contributed by atoms with Crippen LogP contribution in [0, 0.1) is 11.3 Å². The van der Waals surface area contributed by atoms with Crippen LogP contribution in [0.4, 0.5) is 0 Å². The van der Waals surface area contributed by atoms with Crippen molar-refractivity contribution in [1.29, 1.82) is 5.26 Å². The van der Waals surface area contributed by atoms with Crippen LogP contribution in [0.3, 0.4) is 0 Å². The van der Waals surface area contributed by atoms with Crippen LogP contribution in [0.25, 0.3) is 6.08 Å². The van der Waals surface area contributed by atoms with Crippen molar-refractivity contribution < 1.29 is 9.53 Å². The Kier molecular flexibility index (Phi) is 4.76. The van der Waals surface area contributed by atoms with Crippen molar-refractivity contribution in [1.82, 2.24) is 0 Å². The first-order valence-electron chi connectivity index (χ1n) is 6.20. The summed E-state index contributed by atoms with van der Waals surface area (Å²) in [7, 11) is 1.55. The summed E-state index contributed by atoms with van der Waals surface area (Å²) in [6, 6.07) is 15.5. The maximum absolute atomic E-state index is 12.3. The number of hydrogen-bond donors (Lipinski definition) is 0. The molecule has 2 aromatic rings. The van der Waals surface area contributed by atoms with E-state index in [1.807, 2.05) is 6.07 Å². The highest BCUT2D eigenvalue weighted by Gasteiger charge is 2.12. The minimum atomic E-state index is -0.324. The first kappa shape index (κ1) is 14.8. The molecule has 104 valence electrons. The summed E-state index contributed by atoms with van der Waals surface area (Å²) < 4.78 is 5.04. The molecule has 0 atom stereocenters. The minimum Gasteiger partial charge on any atom is -0.497 e. The first-order valence-corrected chi connectivity index (χ1v) is 6.58. The number of allylic oxidation sites excluding steroid dienone is 1. The zero-order valence-electron chi connectivity index (χ0n) is 11.3. The van der Waals surface area contributed by atoms with E-state index in [9.17, 15) is 10.1 Å². The predicted octanol–water partition coefficient (Wildman–Crippen LogP) is 4.14. The van der Waals surface area contributed by atoms with Crippen LogP contribution in [-0.4, -0.2) is 12.9 Å². The summed E-state index contributed by atoms with van der Waals surface area (Å²) in [5.41, 5.74) is 1.26. The molecule has 0 saturated heterocycles. The smallest absolute Gasteiger partial charge is 0.203 e. The Morgan fingerprint density at radius 1 is 1.14 bits per heavy atom. The molecule has 2 aromatic carbocycles. The van der Waals surface area contributed by atoms with E-state index in [4.69, 9.17) is 16.3 Å². The number of ether oxygens (including phenoxy) is 1.